The first kappa shape index (κ1) is 23.9. The van der Waals surface area contributed by atoms with Crippen LogP contribution in [0.1, 0.15) is 18.1 Å². The number of aryl methyl sites for hydroxylation is 1. The third kappa shape index (κ3) is 4.46. The number of rotatable bonds is 5. The Labute approximate surface area is 206 Å². The van der Waals surface area contributed by atoms with Gasteiger partial charge in [0.1, 0.15) is 17.8 Å². The summed E-state index contributed by atoms with van der Waals surface area (Å²) in [5, 5.41) is 0. The number of aromatic nitrogens is 4. The van der Waals surface area contributed by atoms with E-state index in [4.69, 9.17) is 4.74 Å². The molecule has 5 rings (SSSR count). The summed E-state index contributed by atoms with van der Waals surface area (Å²) < 4.78 is 45.3. The van der Waals surface area contributed by atoms with Crippen molar-refractivity contribution in [3.05, 3.63) is 76.6 Å². The molecule has 188 valence electrons. The van der Waals surface area contributed by atoms with E-state index in [0.29, 0.717) is 35.2 Å². The highest BCUT2D eigenvalue weighted by molar-refractivity contribution is 6.27. The summed E-state index contributed by atoms with van der Waals surface area (Å²) in [7, 11) is 0. The molecule has 0 spiro atoms. The Hall–Kier alpha value is -4.81. The largest absolute Gasteiger partial charge is 0.455 e. The number of carbonyl (C=O) groups is 2. The normalized spacial score (nSPS) is 14.1. The molecule has 0 aliphatic carbocycles. The minimum Gasteiger partial charge on any atom is -0.455 e. The van der Waals surface area contributed by atoms with Crippen LogP contribution in [0.5, 0.6) is 11.5 Å². The van der Waals surface area contributed by atoms with Crippen LogP contribution in [0.15, 0.2) is 59.9 Å². The second kappa shape index (κ2) is 9.00. The molecular formula is C24H17F3N6O4. The lowest BCUT2D eigenvalue weighted by Gasteiger charge is -2.19. The summed E-state index contributed by atoms with van der Waals surface area (Å²) in [6.45, 7) is 1.40. The molecule has 10 nitrogen and oxygen atoms in total. The average Bonchev–Trinajstić information content (AvgIpc) is 3.18. The first-order valence-electron chi connectivity index (χ1n) is 11.0. The van der Waals surface area contributed by atoms with Crippen LogP contribution in [0.25, 0.3) is 11.2 Å². The third-order valence-electron chi connectivity index (χ3n) is 5.68. The van der Waals surface area contributed by atoms with Crippen LogP contribution < -0.4 is 20.1 Å². The molecule has 1 saturated heterocycles. The summed E-state index contributed by atoms with van der Waals surface area (Å²) in [4.78, 5) is 53.6. The van der Waals surface area contributed by atoms with Crippen LogP contribution in [0.3, 0.4) is 0 Å². The number of H-pyrrole nitrogens is 1. The van der Waals surface area contributed by atoms with Gasteiger partial charge in [-0.25, -0.2) is 19.7 Å². The number of pyridine rings is 2. The van der Waals surface area contributed by atoms with Gasteiger partial charge in [-0.2, -0.15) is 13.2 Å². The Morgan fingerprint density at radius 2 is 1.81 bits per heavy atom. The van der Waals surface area contributed by atoms with Crippen LogP contribution in [-0.2, 0) is 17.4 Å². The van der Waals surface area contributed by atoms with Crippen LogP contribution in [-0.4, -0.2) is 38.4 Å². The quantitative estimate of drug-likeness (QED) is 0.402. The molecule has 0 bridgehead atoms. The van der Waals surface area contributed by atoms with Crippen LogP contribution in [0.2, 0.25) is 0 Å². The van der Waals surface area contributed by atoms with E-state index in [1.165, 1.54) is 12.3 Å². The number of halogens is 3. The van der Waals surface area contributed by atoms with Crippen molar-refractivity contribution in [3.63, 3.8) is 0 Å². The zero-order chi connectivity index (χ0) is 26.3. The number of carbonyl (C=O) groups excluding carboxylic acids is 2. The van der Waals surface area contributed by atoms with Gasteiger partial charge in [0, 0.05) is 18.5 Å². The number of nitrogens with zero attached hydrogens (tertiary/aromatic N) is 5. The Bertz CT molecular complexity index is 1600. The molecule has 1 N–H and O–H groups in total. The van der Waals surface area contributed by atoms with Gasteiger partial charge in [-0.15, -0.1) is 0 Å². The van der Waals surface area contributed by atoms with Gasteiger partial charge in [-0.05, 0) is 36.2 Å². The second-order valence-electron chi connectivity index (χ2n) is 8.03. The molecule has 4 heterocycles. The van der Waals surface area contributed by atoms with Crippen molar-refractivity contribution < 1.29 is 27.5 Å². The number of fused-ring (bicyclic) bond motifs is 1. The first-order chi connectivity index (χ1) is 17.7. The van der Waals surface area contributed by atoms with Gasteiger partial charge < -0.3 is 9.72 Å². The third-order valence-corrected chi connectivity index (χ3v) is 5.68. The van der Waals surface area contributed by atoms with Gasteiger partial charge in [0.2, 0.25) is 0 Å². The number of benzene rings is 1. The lowest BCUT2D eigenvalue weighted by molar-refractivity contribution is -0.137. The fourth-order valence-corrected chi connectivity index (χ4v) is 3.90. The highest BCUT2D eigenvalue weighted by Crippen LogP contribution is 2.35. The van der Waals surface area contributed by atoms with Gasteiger partial charge in [-0.1, -0.05) is 6.92 Å². The van der Waals surface area contributed by atoms with Crippen LogP contribution in [0.4, 0.5) is 29.3 Å². The predicted octanol–water partition coefficient (Wildman–Crippen LogP) is 4.06. The SMILES string of the molecule is CCc1cc(N2C(=O)CN(c3cncc(C(F)(F)F)c3)C2=O)ccc1Oc1ccnc2ncc(=O)[nH]c12. The number of hydrogen-bond donors (Lipinski definition) is 1. The number of ether oxygens (including phenoxy) is 1. The zero-order valence-corrected chi connectivity index (χ0v) is 19.1. The number of imide groups is 1. The summed E-state index contributed by atoms with van der Waals surface area (Å²) >= 11 is 0. The van der Waals surface area contributed by atoms with Crippen LogP contribution >= 0.6 is 0 Å². The molecule has 3 amide bonds. The monoisotopic (exact) mass is 510 g/mol. The predicted molar refractivity (Wildman–Crippen MR) is 126 cm³/mol. The molecule has 4 aromatic rings. The Kier molecular flexibility index (Phi) is 5.82. The Morgan fingerprint density at radius 1 is 1.00 bits per heavy atom. The molecule has 0 atom stereocenters. The van der Waals surface area contributed by atoms with E-state index in [9.17, 15) is 27.6 Å². The summed E-state index contributed by atoms with van der Waals surface area (Å²) in [6.07, 6.45) is 0.128. The second-order valence-corrected chi connectivity index (χ2v) is 8.03. The maximum Gasteiger partial charge on any atom is 0.417 e. The van der Waals surface area contributed by atoms with Crippen molar-refractivity contribution in [1.82, 2.24) is 19.9 Å². The summed E-state index contributed by atoms with van der Waals surface area (Å²) in [5.41, 5.74) is -0.148. The van der Waals surface area contributed by atoms with E-state index in [2.05, 4.69) is 19.9 Å². The van der Waals surface area contributed by atoms with E-state index in [1.807, 2.05) is 6.92 Å². The average molecular weight is 510 g/mol. The zero-order valence-electron chi connectivity index (χ0n) is 19.1. The van der Waals surface area contributed by atoms with Gasteiger partial charge in [-0.3, -0.25) is 19.5 Å². The standard InChI is InChI=1S/C24H17F3N6O4/c1-2-13-7-15(3-4-17(13)37-18-5-6-29-22-21(18)31-19(34)11-30-22)33-20(35)12-32(23(33)36)16-8-14(9-28-10-16)24(25,26)27/h3-11H,2,12H2,1H3,(H,31,34). The van der Waals surface area contributed by atoms with Gasteiger partial charge in [0.15, 0.2) is 11.4 Å². The molecule has 0 unspecified atom stereocenters. The fraction of sp³-hybridized carbons (Fsp3) is 0.167. The van der Waals surface area contributed by atoms with E-state index in [-0.39, 0.29) is 17.0 Å². The molecule has 37 heavy (non-hydrogen) atoms. The van der Waals surface area contributed by atoms with E-state index in [0.717, 1.165) is 28.3 Å². The molecule has 1 aromatic carbocycles. The van der Waals surface area contributed by atoms with Crippen molar-refractivity contribution in [2.45, 2.75) is 19.5 Å². The maximum atomic E-state index is 13.1. The lowest BCUT2D eigenvalue weighted by atomic mass is 10.1. The van der Waals surface area contributed by atoms with Crippen LogP contribution in [0, 0.1) is 0 Å². The van der Waals surface area contributed by atoms with Gasteiger partial charge in [0.25, 0.3) is 11.5 Å². The molecule has 3 aromatic heterocycles. The molecule has 13 heteroatoms. The molecule has 1 aliphatic heterocycles. The minimum atomic E-state index is -4.65. The topological polar surface area (TPSA) is 121 Å². The van der Waals surface area contributed by atoms with E-state index >= 15 is 0 Å². The lowest BCUT2D eigenvalue weighted by Crippen LogP contribution is -2.33. The van der Waals surface area contributed by atoms with E-state index in [1.54, 1.807) is 18.2 Å². The van der Waals surface area contributed by atoms with Crippen molar-refractivity contribution in [2.24, 2.45) is 0 Å². The minimum absolute atomic E-state index is 0.140. The summed E-state index contributed by atoms with van der Waals surface area (Å²) in [6, 6.07) is 6.16. The number of nitrogens with one attached hydrogen (secondary N) is 1. The maximum absolute atomic E-state index is 13.1. The molecule has 1 fully saturated rings. The number of alkyl halides is 3. The first-order valence-corrected chi connectivity index (χ1v) is 11.0. The van der Waals surface area contributed by atoms with E-state index < -0.39 is 35.8 Å². The number of urea groups is 1. The summed E-state index contributed by atoms with van der Waals surface area (Å²) in [5.74, 6) is 0.0950. The number of amides is 3. The van der Waals surface area contributed by atoms with Crippen molar-refractivity contribution >= 4 is 34.5 Å². The molecular weight excluding hydrogens is 493 g/mol. The smallest absolute Gasteiger partial charge is 0.417 e. The molecule has 1 aliphatic rings. The molecule has 0 saturated carbocycles. The van der Waals surface area contributed by atoms with Crippen molar-refractivity contribution in [3.8, 4) is 11.5 Å². The number of anilines is 2. The van der Waals surface area contributed by atoms with Gasteiger partial charge >= 0.3 is 12.2 Å². The van der Waals surface area contributed by atoms with Crippen molar-refractivity contribution in [2.75, 3.05) is 16.3 Å². The highest BCUT2D eigenvalue weighted by Gasteiger charge is 2.39. The number of aromatic amines is 1. The van der Waals surface area contributed by atoms with Crippen molar-refractivity contribution in [1.29, 1.82) is 0 Å². The van der Waals surface area contributed by atoms with Gasteiger partial charge in [0.05, 0.1) is 29.3 Å². The Morgan fingerprint density at radius 3 is 2.57 bits per heavy atom. The fourth-order valence-electron chi connectivity index (χ4n) is 3.90. The highest BCUT2D eigenvalue weighted by atomic mass is 19.4. The number of hydrogen-bond acceptors (Lipinski definition) is 7. The Balaban J connectivity index is 1.45. The molecule has 0 radical (unpaired) electrons.